The van der Waals surface area contributed by atoms with Crippen LogP contribution in [0.4, 0.5) is 0 Å². The number of nitrogens with two attached hydrogens (primary N) is 1. The van der Waals surface area contributed by atoms with Gasteiger partial charge in [0.2, 0.25) is 11.8 Å². The number of rotatable bonds is 14. The number of carbonyl (C=O) groups is 2. The van der Waals surface area contributed by atoms with Crippen LogP contribution in [0.3, 0.4) is 0 Å². The van der Waals surface area contributed by atoms with Gasteiger partial charge in [-0.1, -0.05) is 33.1 Å². The van der Waals surface area contributed by atoms with E-state index in [1.807, 2.05) is 0 Å². The predicted molar refractivity (Wildman–Crippen MR) is 156 cm³/mol. The number of hydrogen-bond donors (Lipinski definition) is 4. The molecule has 0 spiro atoms. The standard InChI is InChI=1S/C28H45BN6O7/c1-17(2)14-23(29-41-22-16-18-15-21(27(18,3)4)28(22,5)42-29)33-25(37)20(9-6-12-31-26(30)34-35(38)39)32-24(36)11-10-19-8-7-13-40-19/h7-8,13,17-18,20-23H,6,9-12,14-16H2,1-5H3,(H,32,36)(H,33,37)(H3,30,31,34)/t18-,20-,21-,22+,23-,28-/m0/s1. The maximum atomic E-state index is 13.7. The van der Waals surface area contributed by atoms with Crippen molar-refractivity contribution in [1.29, 1.82) is 0 Å². The van der Waals surface area contributed by atoms with Crippen molar-refractivity contribution in [3.63, 3.8) is 0 Å². The van der Waals surface area contributed by atoms with Crippen LogP contribution in [-0.4, -0.2) is 60.2 Å². The Morgan fingerprint density at radius 1 is 1.26 bits per heavy atom. The summed E-state index contributed by atoms with van der Waals surface area (Å²) >= 11 is 0. The Morgan fingerprint density at radius 3 is 2.67 bits per heavy atom. The molecule has 4 fully saturated rings. The molecule has 1 aliphatic heterocycles. The Labute approximate surface area is 247 Å². The summed E-state index contributed by atoms with van der Waals surface area (Å²) in [6.45, 7) is 11.1. The molecule has 3 aliphatic carbocycles. The predicted octanol–water partition coefficient (Wildman–Crippen LogP) is 2.37. The SMILES string of the molecule is CC(C)C[C@H](NC(=O)[C@H](CCCN=C(N)N[N+](=O)[O-])NC(=O)CCc1ccco1)B1O[C@@H]2C[C@@H]3C[C@@H](C3(C)C)[C@]2(C)O1. The van der Waals surface area contributed by atoms with E-state index in [9.17, 15) is 19.7 Å². The molecule has 4 aliphatic rings. The molecule has 13 nitrogen and oxygen atoms in total. The van der Waals surface area contributed by atoms with Crippen molar-refractivity contribution in [2.45, 2.75) is 103 Å². The van der Waals surface area contributed by atoms with E-state index in [1.165, 1.54) is 0 Å². The Bertz CT molecular complexity index is 1150. The second-order valence-corrected chi connectivity index (χ2v) is 13.1. The highest BCUT2D eigenvalue weighted by Gasteiger charge is 2.68. The molecule has 232 valence electrons. The molecule has 5 N–H and O–H groups in total. The first-order valence-electron chi connectivity index (χ1n) is 15.0. The number of guanidine groups is 1. The van der Waals surface area contributed by atoms with Crippen molar-refractivity contribution in [3.8, 4) is 0 Å². The summed E-state index contributed by atoms with van der Waals surface area (Å²) in [6.07, 6.45) is 5.42. The molecule has 14 heteroatoms. The number of furan rings is 1. The number of amides is 2. The highest BCUT2D eigenvalue weighted by Crippen LogP contribution is 2.65. The molecule has 3 saturated carbocycles. The number of nitro groups is 1. The van der Waals surface area contributed by atoms with E-state index in [1.54, 1.807) is 23.8 Å². The van der Waals surface area contributed by atoms with Crippen LogP contribution in [-0.2, 0) is 25.3 Å². The fraction of sp³-hybridized carbons (Fsp3) is 0.750. The van der Waals surface area contributed by atoms with Crippen LogP contribution >= 0.6 is 0 Å². The lowest BCUT2D eigenvalue weighted by atomic mass is 9.43. The molecule has 1 aromatic rings. The first-order chi connectivity index (χ1) is 19.8. The molecule has 0 unspecified atom stereocenters. The van der Waals surface area contributed by atoms with Gasteiger partial charge in [0.25, 0.3) is 5.96 Å². The topological polar surface area (TPSA) is 183 Å². The summed E-state index contributed by atoms with van der Waals surface area (Å²) in [5.74, 6) is 0.580. The summed E-state index contributed by atoms with van der Waals surface area (Å²) in [4.78, 5) is 41.0. The molecule has 2 heterocycles. The van der Waals surface area contributed by atoms with Crippen molar-refractivity contribution in [2.75, 3.05) is 6.54 Å². The fourth-order valence-electron chi connectivity index (χ4n) is 6.95. The van der Waals surface area contributed by atoms with Gasteiger partial charge in [-0.3, -0.25) is 9.59 Å². The molecular weight excluding hydrogens is 543 g/mol. The zero-order valence-corrected chi connectivity index (χ0v) is 25.3. The number of hydrazine groups is 1. The van der Waals surface area contributed by atoms with Gasteiger partial charge in [0, 0.05) is 19.4 Å². The van der Waals surface area contributed by atoms with Crippen LogP contribution in [0.25, 0.3) is 0 Å². The molecular formula is C28H45BN6O7. The number of carbonyl (C=O) groups excluding carboxylic acids is 2. The summed E-state index contributed by atoms with van der Waals surface area (Å²) in [5.41, 5.74) is 7.09. The quantitative estimate of drug-likeness (QED) is 0.0633. The van der Waals surface area contributed by atoms with E-state index in [0.29, 0.717) is 36.9 Å². The second kappa shape index (κ2) is 13.0. The number of aliphatic imine (C=N–C) groups is 1. The Morgan fingerprint density at radius 2 is 2.02 bits per heavy atom. The third kappa shape index (κ3) is 7.26. The summed E-state index contributed by atoms with van der Waals surface area (Å²) in [7, 11) is -0.589. The van der Waals surface area contributed by atoms with E-state index in [0.717, 1.165) is 12.8 Å². The van der Waals surface area contributed by atoms with Crippen molar-refractivity contribution < 1.29 is 28.3 Å². The van der Waals surface area contributed by atoms with Crippen molar-refractivity contribution in [1.82, 2.24) is 16.1 Å². The van der Waals surface area contributed by atoms with Crippen molar-refractivity contribution >= 4 is 24.9 Å². The first kappa shape index (κ1) is 31.8. The Balaban J connectivity index is 1.42. The minimum atomic E-state index is -0.852. The Kier molecular flexibility index (Phi) is 9.86. The highest BCUT2D eigenvalue weighted by molar-refractivity contribution is 6.48. The van der Waals surface area contributed by atoms with Gasteiger partial charge in [-0.05, 0) is 74.3 Å². The summed E-state index contributed by atoms with van der Waals surface area (Å²) in [6, 6.07) is 2.70. The summed E-state index contributed by atoms with van der Waals surface area (Å²) in [5, 5.41) is 15.7. The van der Waals surface area contributed by atoms with Crippen LogP contribution < -0.4 is 21.8 Å². The van der Waals surface area contributed by atoms with Crippen LogP contribution in [0.2, 0.25) is 0 Å². The third-order valence-corrected chi connectivity index (χ3v) is 9.32. The van der Waals surface area contributed by atoms with Gasteiger partial charge in [0.1, 0.15) is 11.8 Å². The average Bonchev–Trinajstić information content (AvgIpc) is 3.55. The monoisotopic (exact) mass is 588 g/mol. The normalized spacial score (nSPS) is 27.5. The zero-order chi connectivity index (χ0) is 30.7. The molecule has 6 atom stereocenters. The molecule has 2 bridgehead atoms. The second-order valence-electron chi connectivity index (χ2n) is 13.1. The lowest BCUT2D eigenvalue weighted by molar-refractivity contribution is -0.525. The minimum absolute atomic E-state index is 0.0148. The average molecular weight is 589 g/mol. The maximum absolute atomic E-state index is 13.7. The van der Waals surface area contributed by atoms with Crippen molar-refractivity contribution in [2.24, 2.45) is 33.9 Å². The van der Waals surface area contributed by atoms with Crippen LogP contribution in [0.1, 0.15) is 78.9 Å². The fourth-order valence-corrected chi connectivity index (χ4v) is 6.95. The minimum Gasteiger partial charge on any atom is -0.469 e. The van der Waals surface area contributed by atoms with E-state index in [4.69, 9.17) is 19.5 Å². The van der Waals surface area contributed by atoms with E-state index in [-0.39, 0.29) is 54.6 Å². The smallest absolute Gasteiger partial charge is 0.469 e. The van der Waals surface area contributed by atoms with Gasteiger partial charge in [-0.2, -0.15) is 0 Å². The molecule has 0 aromatic carbocycles. The number of nitrogens with zero attached hydrogens (tertiary/aromatic N) is 2. The zero-order valence-electron chi connectivity index (χ0n) is 25.3. The van der Waals surface area contributed by atoms with Crippen LogP contribution in [0.15, 0.2) is 27.8 Å². The van der Waals surface area contributed by atoms with E-state index < -0.39 is 29.7 Å². The highest BCUT2D eigenvalue weighted by atomic mass is 16.7. The van der Waals surface area contributed by atoms with Gasteiger partial charge >= 0.3 is 7.12 Å². The number of aryl methyl sites for hydroxylation is 1. The van der Waals surface area contributed by atoms with Crippen LogP contribution in [0.5, 0.6) is 0 Å². The van der Waals surface area contributed by atoms with Crippen molar-refractivity contribution in [3.05, 3.63) is 34.3 Å². The molecule has 42 heavy (non-hydrogen) atoms. The van der Waals surface area contributed by atoms with Gasteiger partial charge < -0.3 is 30.1 Å². The molecule has 2 amide bonds. The third-order valence-electron chi connectivity index (χ3n) is 9.32. The molecule has 0 radical (unpaired) electrons. The maximum Gasteiger partial charge on any atom is 0.481 e. The van der Waals surface area contributed by atoms with E-state index >= 15 is 0 Å². The first-order valence-corrected chi connectivity index (χ1v) is 15.0. The lowest BCUT2D eigenvalue weighted by Gasteiger charge is -2.64. The number of nitrogens with one attached hydrogen (secondary N) is 3. The van der Waals surface area contributed by atoms with Gasteiger partial charge in [-0.25, -0.2) is 15.1 Å². The Hall–Kier alpha value is -3.13. The molecule has 1 aromatic heterocycles. The largest absolute Gasteiger partial charge is 0.481 e. The molecule has 5 rings (SSSR count). The number of hydrogen-bond acceptors (Lipinski definition) is 8. The van der Waals surface area contributed by atoms with Gasteiger partial charge in [-0.15, -0.1) is 0 Å². The molecule has 1 saturated heterocycles. The van der Waals surface area contributed by atoms with Gasteiger partial charge in [0.15, 0.2) is 5.03 Å². The van der Waals surface area contributed by atoms with Gasteiger partial charge in [0.05, 0.1) is 23.9 Å². The van der Waals surface area contributed by atoms with Crippen LogP contribution in [0, 0.1) is 33.3 Å². The van der Waals surface area contributed by atoms with E-state index in [2.05, 4.69) is 50.2 Å². The lowest BCUT2D eigenvalue weighted by Crippen LogP contribution is -2.65. The summed E-state index contributed by atoms with van der Waals surface area (Å²) < 4.78 is 18.5.